The van der Waals surface area contributed by atoms with Crippen molar-refractivity contribution in [2.75, 3.05) is 20.2 Å². The van der Waals surface area contributed by atoms with Gasteiger partial charge in [-0.15, -0.1) is 0 Å². The molecule has 166 valence electrons. The molecule has 1 aliphatic rings. The molecule has 0 aliphatic carbocycles. The van der Waals surface area contributed by atoms with E-state index < -0.39 is 0 Å². The molecule has 0 unspecified atom stereocenters. The Kier molecular flexibility index (Phi) is 7.00. The molecule has 1 aliphatic heterocycles. The number of pyridine rings is 1. The number of piperidine rings is 1. The first-order valence-corrected chi connectivity index (χ1v) is 11.2. The van der Waals surface area contributed by atoms with Crippen molar-refractivity contribution in [2.45, 2.75) is 32.2 Å². The van der Waals surface area contributed by atoms with Gasteiger partial charge in [-0.3, -0.25) is 14.6 Å². The molecule has 6 heteroatoms. The Balaban J connectivity index is 1.27. The van der Waals surface area contributed by atoms with Crippen molar-refractivity contribution in [3.8, 4) is 5.75 Å². The van der Waals surface area contributed by atoms with E-state index in [0.29, 0.717) is 31.0 Å². The number of carbonyl (C=O) groups excluding carboxylic acids is 2. The molecule has 6 nitrogen and oxygen atoms in total. The molecule has 0 saturated carbocycles. The summed E-state index contributed by atoms with van der Waals surface area (Å²) in [5.41, 5.74) is 2.60. The second-order valence-electron chi connectivity index (χ2n) is 8.34. The fraction of sp³-hybridized carbons (Fsp3) is 0.346. The first-order valence-electron chi connectivity index (χ1n) is 11.2. The number of nitrogens with zero attached hydrogens (tertiary/aromatic N) is 2. The van der Waals surface area contributed by atoms with Crippen LogP contribution < -0.4 is 10.1 Å². The predicted molar refractivity (Wildman–Crippen MR) is 124 cm³/mol. The molecule has 1 aromatic heterocycles. The number of fused-ring (bicyclic) bond motifs is 1. The number of hydrogen-bond acceptors (Lipinski definition) is 4. The summed E-state index contributed by atoms with van der Waals surface area (Å²) in [4.78, 5) is 31.7. The molecule has 2 heterocycles. The molecule has 1 saturated heterocycles. The van der Waals surface area contributed by atoms with Crippen LogP contribution in [0.1, 0.15) is 41.6 Å². The Bertz CT molecular complexity index is 1100. The number of benzene rings is 2. The van der Waals surface area contributed by atoms with Gasteiger partial charge >= 0.3 is 0 Å². The van der Waals surface area contributed by atoms with E-state index in [-0.39, 0.29) is 11.8 Å². The molecule has 4 rings (SSSR count). The van der Waals surface area contributed by atoms with Gasteiger partial charge in [-0.25, -0.2) is 0 Å². The number of hydrogen-bond donors (Lipinski definition) is 1. The molecular weight excluding hydrogens is 402 g/mol. The summed E-state index contributed by atoms with van der Waals surface area (Å²) in [5.74, 6) is 1.23. The summed E-state index contributed by atoms with van der Waals surface area (Å²) >= 11 is 0. The molecule has 0 bridgehead atoms. The quantitative estimate of drug-likeness (QED) is 0.609. The minimum absolute atomic E-state index is 0.0401. The van der Waals surface area contributed by atoms with Crippen LogP contribution in [-0.4, -0.2) is 41.9 Å². The molecular formula is C26H29N3O3. The van der Waals surface area contributed by atoms with Crippen LogP contribution in [0.25, 0.3) is 10.9 Å². The Morgan fingerprint density at radius 2 is 2.06 bits per heavy atom. The van der Waals surface area contributed by atoms with E-state index in [2.05, 4.69) is 10.3 Å². The van der Waals surface area contributed by atoms with Crippen LogP contribution >= 0.6 is 0 Å². The van der Waals surface area contributed by atoms with Crippen LogP contribution in [-0.2, 0) is 11.3 Å². The van der Waals surface area contributed by atoms with Crippen molar-refractivity contribution >= 4 is 22.7 Å². The van der Waals surface area contributed by atoms with Crippen LogP contribution in [0.2, 0.25) is 0 Å². The largest absolute Gasteiger partial charge is 0.497 e. The third kappa shape index (κ3) is 5.44. The molecule has 0 spiro atoms. The highest BCUT2D eigenvalue weighted by Gasteiger charge is 2.25. The Labute approximate surface area is 188 Å². The molecule has 1 N–H and O–H groups in total. The number of aromatic nitrogens is 1. The molecule has 1 atom stereocenters. The van der Waals surface area contributed by atoms with Gasteiger partial charge in [0.25, 0.3) is 5.91 Å². The van der Waals surface area contributed by atoms with E-state index in [9.17, 15) is 9.59 Å². The maximum absolute atomic E-state index is 13.1. The smallest absolute Gasteiger partial charge is 0.253 e. The van der Waals surface area contributed by atoms with Crippen molar-refractivity contribution in [2.24, 2.45) is 5.92 Å². The highest BCUT2D eigenvalue weighted by atomic mass is 16.5. The van der Waals surface area contributed by atoms with Crippen LogP contribution in [0.3, 0.4) is 0 Å². The van der Waals surface area contributed by atoms with Crippen molar-refractivity contribution in [1.29, 1.82) is 0 Å². The van der Waals surface area contributed by atoms with E-state index in [1.165, 1.54) is 0 Å². The summed E-state index contributed by atoms with van der Waals surface area (Å²) < 4.78 is 5.22. The van der Waals surface area contributed by atoms with Gasteiger partial charge in [0.1, 0.15) is 5.75 Å². The summed E-state index contributed by atoms with van der Waals surface area (Å²) in [6.45, 7) is 1.96. The number of amides is 2. The zero-order valence-corrected chi connectivity index (χ0v) is 18.4. The third-order valence-electron chi connectivity index (χ3n) is 6.06. The summed E-state index contributed by atoms with van der Waals surface area (Å²) in [6, 6.07) is 17.2. The first-order chi connectivity index (χ1) is 15.6. The van der Waals surface area contributed by atoms with E-state index in [1.807, 2.05) is 59.5 Å². The van der Waals surface area contributed by atoms with Crippen molar-refractivity contribution in [3.63, 3.8) is 0 Å². The number of likely N-dealkylation sites (tertiary alicyclic amines) is 1. The molecule has 1 fully saturated rings. The van der Waals surface area contributed by atoms with Gasteiger partial charge in [-0.2, -0.15) is 0 Å². The first kappa shape index (κ1) is 21.8. The number of rotatable bonds is 7. The van der Waals surface area contributed by atoms with Gasteiger partial charge in [0.05, 0.1) is 12.6 Å². The van der Waals surface area contributed by atoms with E-state index >= 15 is 0 Å². The Morgan fingerprint density at radius 1 is 1.16 bits per heavy atom. The standard InChI is InChI=1S/C26H29N3O3/c1-32-23-8-2-5-20(15-23)17-28-25(30)12-9-19-6-4-14-29(18-19)26(31)22-10-11-24-21(16-22)7-3-13-27-24/h2-3,5,7-8,10-11,13,15-16,19H,4,6,9,12,14,17-18H2,1H3,(H,28,30)/t19-/m1/s1. The lowest BCUT2D eigenvalue weighted by Gasteiger charge is -2.33. The highest BCUT2D eigenvalue weighted by Crippen LogP contribution is 2.23. The van der Waals surface area contributed by atoms with E-state index in [4.69, 9.17) is 4.74 Å². The van der Waals surface area contributed by atoms with Crippen molar-refractivity contribution in [3.05, 3.63) is 71.9 Å². The summed E-state index contributed by atoms with van der Waals surface area (Å²) in [6.07, 6.45) is 5.03. The van der Waals surface area contributed by atoms with Crippen molar-refractivity contribution < 1.29 is 14.3 Å². The van der Waals surface area contributed by atoms with Crippen LogP contribution in [0.15, 0.2) is 60.8 Å². The zero-order chi connectivity index (χ0) is 22.3. The number of carbonyl (C=O) groups is 2. The normalized spacial score (nSPS) is 16.0. The lowest BCUT2D eigenvalue weighted by atomic mass is 9.92. The lowest BCUT2D eigenvalue weighted by Crippen LogP contribution is -2.40. The van der Waals surface area contributed by atoms with E-state index in [1.54, 1.807) is 13.3 Å². The molecule has 32 heavy (non-hydrogen) atoms. The zero-order valence-electron chi connectivity index (χ0n) is 18.4. The van der Waals surface area contributed by atoms with Gasteiger partial charge in [0, 0.05) is 43.2 Å². The summed E-state index contributed by atoms with van der Waals surface area (Å²) in [7, 11) is 1.63. The second kappa shape index (κ2) is 10.3. The lowest BCUT2D eigenvalue weighted by molar-refractivity contribution is -0.121. The van der Waals surface area contributed by atoms with Gasteiger partial charge < -0.3 is 15.0 Å². The topological polar surface area (TPSA) is 71.5 Å². The SMILES string of the molecule is COc1cccc(CNC(=O)CC[C@H]2CCCN(C(=O)c3ccc4ncccc4c3)C2)c1. The van der Waals surface area contributed by atoms with Crippen LogP contribution in [0, 0.1) is 5.92 Å². The van der Waals surface area contributed by atoms with Crippen molar-refractivity contribution in [1.82, 2.24) is 15.2 Å². The van der Waals surface area contributed by atoms with Gasteiger partial charge in [0.15, 0.2) is 0 Å². The maximum atomic E-state index is 13.1. The molecule has 2 aromatic carbocycles. The fourth-order valence-electron chi connectivity index (χ4n) is 4.28. The van der Waals surface area contributed by atoms with Crippen LogP contribution in [0.5, 0.6) is 5.75 Å². The number of ether oxygens (including phenoxy) is 1. The average molecular weight is 432 g/mol. The second-order valence-corrected chi connectivity index (χ2v) is 8.34. The highest BCUT2D eigenvalue weighted by molar-refractivity contribution is 5.98. The molecule has 3 aromatic rings. The Hall–Kier alpha value is -3.41. The fourth-order valence-corrected chi connectivity index (χ4v) is 4.28. The minimum Gasteiger partial charge on any atom is -0.497 e. The summed E-state index contributed by atoms with van der Waals surface area (Å²) in [5, 5.41) is 3.96. The third-order valence-corrected chi connectivity index (χ3v) is 6.06. The van der Waals surface area contributed by atoms with Crippen LogP contribution in [0.4, 0.5) is 0 Å². The van der Waals surface area contributed by atoms with Gasteiger partial charge in [-0.1, -0.05) is 18.2 Å². The average Bonchev–Trinajstić information content (AvgIpc) is 2.85. The van der Waals surface area contributed by atoms with Gasteiger partial charge in [0.2, 0.25) is 5.91 Å². The van der Waals surface area contributed by atoms with E-state index in [0.717, 1.165) is 48.0 Å². The Morgan fingerprint density at radius 3 is 2.94 bits per heavy atom. The predicted octanol–water partition coefficient (Wildman–Crippen LogP) is 4.19. The monoisotopic (exact) mass is 431 g/mol. The number of methoxy groups -OCH3 is 1. The molecule has 0 radical (unpaired) electrons. The maximum Gasteiger partial charge on any atom is 0.253 e. The number of nitrogens with one attached hydrogen (secondary N) is 1. The minimum atomic E-state index is 0.0401. The van der Waals surface area contributed by atoms with Gasteiger partial charge in [-0.05, 0) is 67.1 Å². The molecule has 2 amide bonds.